The lowest BCUT2D eigenvalue weighted by molar-refractivity contribution is -0.140. The molecule has 2 heterocycles. The molecule has 0 bridgehead atoms. The number of nitrogens with one attached hydrogen (secondary N) is 3. The molecule has 0 radical (unpaired) electrons. The zero-order chi connectivity index (χ0) is 34.9. The van der Waals surface area contributed by atoms with Gasteiger partial charge in [0, 0.05) is 38.2 Å². The van der Waals surface area contributed by atoms with Gasteiger partial charge in [-0.15, -0.1) is 0 Å². The van der Waals surface area contributed by atoms with Crippen molar-refractivity contribution in [3.8, 4) is 0 Å². The number of hydrogen-bond donors (Lipinski definition) is 4. The zero-order valence-electron chi connectivity index (χ0n) is 28.9. The Morgan fingerprint density at radius 1 is 1.00 bits per heavy atom. The molecule has 260 valence electrons. The molecule has 3 rings (SSSR count). The van der Waals surface area contributed by atoms with Gasteiger partial charge in [-0.3, -0.25) is 23.9 Å². The summed E-state index contributed by atoms with van der Waals surface area (Å²) in [5.74, 6) is -2.65. The van der Waals surface area contributed by atoms with E-state index >= 15 is 4.39 Å². The van der Waals surface area contributed by atoms with Crippen molar-refractivity contribution in [1.29, 1.82) is 0 Å². The number of amides is 4. The molecule has 47 heavy (non-hydrogen) atoms. The fourth-order valence-electron chi connectivity index (χ4n) is 5.78. The van der Waals surface area contributed by atoms with E-state index in [1.54, 1.807) is 42.5 Å². The second kappa shape index (κ2) is 16.9. The van der Waals surface area contributed by atoms with Crippen LogP contribution in [-0.2, 0) is 20.9 Å². The van der Waals surface area contributed by atoms with Crippen LogP contribution in [0.2, 0.25) is 0 Å². The quantitative estimate of drug-likeness (QED) is 0.220. The van der Waals surface area contributed by atoms with E-state index in [2.05, 4.69) is 34.9 Å². The van der Waals surface area contributed by atoms with Gasteiger partial charge in [0.2, 0.25) is 17.7 Å². The number of likely N-dealkylation sites (tertiary alicyclic amines) is 1. The fourth-order valence-corrected chi connectivity index (χ4v) is 5.78. The second-order valence-electron chi connectivity index (χ2n) is 13.3. The van der Waals surface area contributed by atoms with E-state index in [9.17, 15) is 24.3 Å². The Kier molecular flexibility index (Phi) is 13.5. The number of rotatable bonds is 15. The van der Waals surface area contributed by atoms with Gasteiger partial charge in [0.25, 0.3) is 5.91 Å². The van der Waals surface area contributed by atoms with E-state index in [-0.39, 0.29) is 29.8 Å². The Bertz CT molecular complexity index is 1380. The smallest absolute Gasteiger partial charge is 0.270 e. The second-order valence-corrected chi connectivity index (χ2v) is 13.3. The molecule has 5 atom stereocenters. The van der Waals surface area contributed by atoms with Crippen LogP contribution in [0.5, 0.6) is 0 Å². The number of hydrogen-bond acceptors (Lipinski definition) is 6. The highest BCUT2D eigenvalue weighted by Gasteiger charge is 2.36. The molecule has 0 saturated carbocycles. The van der Waals surface area contributed by atoms with Crippen molar-refractivity contribution in [2.75, 3.05) is 18.4 Å². The number of aryl methyl sites for hydroxylation is 1. The topological polar surface area (TPSA) is 146 Å². The van der Waals surface area contributed by atoms with E-state index in [0.717, 1.165) is 12.8 Å². The monoisotopic (exact) mass is 656 g/mol. The van der Waals surface area contributed by atoms with Crippen LogP contribution in [0, 0.1) is 17.7 Å². The van der Waals surface area contributed by atoms with Gasteiger partial charge >= 0.3 is 0 Å². The van der Waals surface area contributed by atoms with E-state index in [1.165, 1.54) is 18.3 Å². The summed E-state index contributed by atoms with van der Waals surface area (Å²) < 4.78 is 17.2. The van der Waals surface area contributed by atoms with Crippen LogP contribution < -0.4 is 16.0 Å². The van der Waals surface area contributed by atoms with Crippen molar-refractivity contribution in [2.45, 2.75) is 117 Å². The molecule has 4 amide bonds. The lowest BCUT2D eigenvalue weighted by atomic mass is 9.89. The molecule has 0 spiro atoms. The standard InChI is InChI=1S/C35H53FN6O5/c1-8-22(4)11-12-23(5)30(40-32(44)28-15-18-37-42(28)10-3)33(45)38-27-14-13-25(21-26(27)36)24(6)31(39-29(43)9-2)34(46)41-19-16-35(7,47)17-20-41/h13-15,18,21-24,30-31,47H,8-12,16-17,19-20H2,1-7H3,(H,38,45)(H,39,43)(H,40,44)/t22-,23-,24-,30-,31+/m0/s1. The number of carbonyl (C=O) groups excluding carboxylic acids is 4. The van der Waals surface area contributed by atoms with Crippen molar-refractivity contribution in [1.82, 2.24) is 25.3 Å². The SMILES string of the molecule is CCC(=O)N[C@@H](C(=O)N1CCC(C)(O)CC1)[C@@H](C)c1ccc(NC(=O)[C@@H](NC(=O)c2ccnn2CC)[C@@H](C)CC[C@@H](C)CC)c(F)c1. The van der Waals surface area contributed by atoms with Gasteiger partial charge in [0.15, 0.2) is 0 Å². The first-order valence-electron chi connectivity index (χ1n) is 16.9. The molecule has 1 aromatic heterocycles. The average Bonchev–Trinajstić information content (AvgIpc) is 3.54. The van der Waals surface area contributed by atoms with Crippen LogP contribution in [0.15, 0.2) is 30.5 Å². The van der Waals surface area contributed by atoms with Gasteiger partial charge in [-0.1, -0.05) is 53.5 Å². The van der Waals surface area contributed by atoms with E-state index in [0.29, 0.717) is 56.1 Å². The summed E-state index contributed by atoms with van der Waals surface area (Å²) in [6, 6.07) is 4.05. The minimum Gasteiger partial charge on any atom is -0.390 e. The Hall–Kier alpha value is -3.80. The number of nitrogens with zero attached hydrogens (tertiary/aromatic N) is 3. The predicted octanol–water partition coefficient (Wildman–Crippen LogP) is 4.61. The molecule has 1 fully saturated rings. The van der Waals surface area contributed by atoms with Gasteiger partial charge in [0.1, 0.15) is 23.6 Å². The van der Waals surface area contributed by atoms with Crippen LogP contribution in [0.1, 0.15) is 109 Å². The normalized spacial score (nSPS) is 17.6. The van der Waals surface area contributed by atoms with Gasteiger partial charge < -0.3 is 26.0 Å². The van der Waals surface area contributed by atoms with Gasteiger partial charge in [-0.2, -0.15) is 5.10 Å². The third kappa shape index (κ3) is 10.1. The Labute approximate surface area is 278 Å². The highest BCUT2D eigenvalue weighted by Crippen LogP contribution is 2.28. The minimum absolute atomic E-state index is 0.0587. The summed E-state index contributed by atoms with van der Waals surface area (Å²) in [4.78, 5) is 54.5. The molecule has 1 aliphatic heterocycles. The fraction of sp³-hybridized carbons (Fsp3) is 0.629. The molecule has 1 aliphatic rings. The lowest BCUT2D eigenvalue weighted by Crippen LogP contribution is -2.54. The van der Waals surface area contributed by atoms with Gasteiger partial charge in [-0.05, 0) is 68.7 Å². The van der Waals surface area contributed by atoms with Crippen molar-refractivity contribution in [3.63, 3.8) is 0 Å². The van der Waals surface area contributed by atoms with Crippen LogP contribution in [0.4, 0.5) is 10.1 Å². The van der Waals surface area contributed by atoms with Crippen molar-refractivity contribution in [2.24, 2.45) is 11.8 Å². The van der Waals surface area contributed by atoms with E-state index in [1.807, 2.05) is 13.8 Å². The first-order chi connectivity index (χ1) is 22.2. The molecular weight excluding hydrogens is 603 g/mol. The number of halogens is 1. The van der Waals surface area contributed by atoms with Crippen LogP contribution in [0.3, 0.4) is 0 Å². The maximum atomic E-state index is 15.6. The van der Waals surface area contributed by atoms with E-state index < -0.39 is 41.2 Å². The predicted molar refractivity (Wildman–Crippen MR) is 179 cm³/mol. The number of carbonyl (C=O) groups is 4. The highest BCUT2D eigenvalue weighted by atomic mass is 19.1. The molecule has 1 saturated heterocycles. The van der Waals surface area contributed by atoms with Gasteiger partial charge in [-0.25, -0.2) is 4.39 Å². The summed E-state index contributed by atoms with van der Waals surface area (Å²) in [6.07, 6.45) is 5.11. The molecule has 1 aromatic carbocycles. The molecule has 12 heteroatoms. The zero-order valence-corrected chi connectivity index (χ0v) is 28.9. The van der Waals surface area contributed by atoms with Crippen LogP contribution >= 0.6 is 0 Å². The average molecular weight is 657 g/mol. The summed E-state index contributed by atoms with van der Waals surface area (Å²) in [7, 11) is 0. The van der Waals surface area contributed by atoms with Crippen molar-refractivity contribution < 1.29 is 28.7 Å². The third-order valence-corrected chi connectivity index (χ3v) is 9.53. The van der Waals surface area contributed by atoms with E-state index in [4.69, 9.17) is 0 Å². The summed E-state index contributed by atoms with van der Waals surface area (Å²) in [6.45, 7) is 14.4. The maximum absolute atomic E-state index is 15.6. The van der Waals surface area contributed by atoms with Crippen LogP contribution in [0.25, 0.3) is 0 Å². The molecular formula is C35H53FN6O5. The van der Waals surface area contributed by atoms with Gasteiger partial charge in [0.05, 0.1) is 11.3 Å². The van der Waals surface area contributed by atoms with Crippen molar-refractivity contribution in [3.05, 3.63) is 47.5 Å². The third-order valence-electron chi connectivity index (χ3n) is 9.53. The highest BCUT2D eigenvalue weighted by molar-refractivity contribution is 6.00. The maximum Gasteiger partial charge on any atom is 0.270 e. The lowest BCUT2D eigenvalue weighted by Gasteiger charge is -2.38. The molecule has 0 aliphatic carbocycles. The molecule has 2 aromatic rings. The largest absolute Gasteiger partial charge is 0.390 e. The first kappa shape index (κ1) is 37.7. The molecule has 11 nitrogen and oxygen atoms in total. The Balaban J connectivity index is 1.81. The summed E-state index contributed by atoms with van der Waals surface area (Å²) in [5.41, 5.74) is -0.104. The number of aromatic nitrogens is 2. The van der Waals surface area contributed by atoms with Crippen LogP contribution in [-0.4, -0.2) is 74.2 Å². The molecule has 0 unspecified atom stereocenters. The summed E-state index contributed by atoms with van der Waals surface area (Å²) >= 11 is 0. The summed E-state index contributed by atoms with van der Waals surface area (Å²) in [5, 5.41) is 22.8. The Morgan fingerprint density at radius 2 is 1.68 bits per heavy atom. The minimum atomic E-state index is -0.937. The number of benzene rings is 1. The Morgan fingerprint density at radius 3 is 2.28 bits per heavy atom. The van der Waals surface area contributed by atoms with Crippen molar-refractivity contribution >= 4 is 29.3 Å². The number of piperidine rings is 1. The number of aliphatic hydroxyl groups is 1. The first-order valence-corrected chi connectivity index (χ1v) is 16.9. The number of anilines is 1. The molecule has 4 N–H and O–H groups in total.